The van der Waals surface area contributed by atoms with E-state index in [0.717, 1.165) is 11.4 Å². The highest BCUT2D eigenvalue weighted by Gasteiger charge is 2.18. The van der Waals surface area contributed by atoms with E-state index in [1.807, 2.05) is 19.1 Å². The van der Waals surface area contributed by atoms with Crippen molar-refractivity contribution in [3.8, 4) is 5.75 Å². The third kappa shape index (κ3) is 4.98. The monoisotopic (exact) mass is 415 g/mol. The lowest BCUT2D eigenvalue weighted by molar-refractivity contribution is 0.0773. The maximum atomic E-state index is 12.7. The van der Waals surface area contributed by atoms with Gasteiger partial charge in [-0.25, -0.2) is 4.68 Å². The Morgan fingerprint density at radius 2 is 1.97 bits per heavy atom. The molecule has 1 aromatic carbocycles. The van der Waals surface area contributed by atoms with Crippen LogP contribution >= 0.6 is 11.6 Å². The molecule has 0 bridgehead atoms. The number of benzene rings is 1. The average molecular weight is 416 g/mol. The molecule has 2 heterocycles. The van der Waals surface area contributed by atoms with Crippen molar-refractivity contribution < 1.29 is 9.53 Å². The van der Waals surface area contributed by atoms with E-state index in [4.69, 9.17) is 16.3 Å². The van der Waals surface area contributed by atoms with Gasteiger partial charge in [0.05, 0.1) is 23.5 Å². The van der Waals surface area contributed by atoms with Crippen LogP contribution in [0, 0.1) is 0 Å². The SMILES string of the molecule is CCn1ncc(Cl)c1CN(C)C(=O)c1ccn(COc2ccc(C(C)C)cc2)n1. The predicted octanol–water partition coefficient (Wildman–Crippen LogP) is 4.19. The molecule has 0 saturated heterocycles. The van der Waals surface area contributed by atoms with Gasteiger partial charge in [0.1, 0.15) is 5.75 Å². The van der Waals surface area contributed by atoms with Crippen LogP contribution in [0.3, 0.4) is 0 Å². The molecule has 2 aromatic heterocycles. The zero-order valence-corrected chi connectivity index (χ0v) is 17.9. The maximum absolute atomic E-state index is 12.7. The number of carbonyl (C=O) groups excluding carboxylic acids is 1. The summed E-state index contributed by atoms with van der Waals surface area (Å²) in [4.78, 5) is 14.3. The van der Waals surface area contributed by atoms with Gasteiger partial charge in [0.2, 0.25) is 0 Å². The molecule has 3 aromatic rings. The highest BCUT2D eigenvalue weighted by molar-refractivity contribution is 6.31. The summed E-state index contributed by atoms with van der Waals surface area (Å²) in [6, 6.07) is 9.68. The molecule has 7 nitrogen and oxygen atoms in total. The molecule has 0 fully saturated rings. The number of rotatable bonds is 8. The first-order chi connectivity index (χ1) is 13.9. The normalized spacial score (nSPS) is 11.1. The largest absolute Gasteiger partial charge is 0.471 e. The predicted molar refractivity (Wildman–Crippen MR) is 112 cm³/mol. The van der Waals surface area contributed by atoms with Crippen molar-refractivity contribution in [2.75, 3.05) is 7.05 Å². The number of amides is 1. The minimum absolute atomic E-state index is 0.190. The summed E-state index contributed by atoms with van der Waals surface area (Å²) in [5, 5.41) is 9.08. The summed E-state index contributed by atoms with van der Waals surface area (Å²) in [7, 11) is 1.72. The molecule has 1 amide bonds. The van der Waals surface area contributed by atoms with E-state index in [2.05, 4.69) is 36.2 Å². The Kier molecular flexibility index (Phi) is 6.59. The molecule has 0 aliphatic rings. The summed E-state index contributed by atoms with van der Waals surface area (Å²) in [6.07, 6.45) is 3.32. The molecule has 154 valence electrons. The molecular weight excluding hydrogens is 390 g/mol. The Balaban J connectivity index is 1.59. The smallest absolute Gasteiger partial charge is 0.274 e. The molecule has 0 radical (unpaired) electrons. The summed E-state index contributed by atoms with van der Waals surface area (Å²) in [5.41, 5.74) is 2.42. The zero-order valence-electron chi connectivity index (χ0n) is 17.2. The molecule has 0 saturated carbocycles. The Bertz CT molecular complexity index is 962. The zero-order chi connectivity index (χ0) is 21.0. The summed E-state index contributed by atoms with van der Waals surface area (Å²) in [5.74, 6) is 1.05. The Morgan fingerprint density at radius 3 is 2.62 bits per heavy atom. The second kappa shape index (κ2) is 9.13. The first-order valence-electron chi connectivity index (χ1n) is 9.61. The quantitative estimate of drug-likeness (QED) is 0.553. The van der Waals surface area contributed by atoms with Gasteiger partial charge < -0.3 is 9.64 Å². The molecule has 3 rings (SSSR count). The number of hydrogen-bond acceptors (Lipinski definition) is 4. The molecule has 0 spiro atoms. The Morgan fingerprint density at radius 1 is 1.24 bits per heavy atom. The standard InChI is InChI=1S/C21H26ClN5O2/c1-5-27-20(18(22)12-23-27)13-25(4)21(28)19-10-11-26(24-19)14-29-17-8-6-16(7-9-17)15(2)3/h6-12,15H,5,13-14H2,1-4H3. The van der Waals surface area contributed by atoms with Crippen molar-refractivity contribution in [1.82, 2.24) is 24.5 Å². The fourth-order valence-electron chi connectivity index (χ4n) is 2.95. The van der Waals surface area contributed by atoms with Crippen LogP contribution in [-0.2, 0) is 19.8 Å². The van der Waals surface area contributed by atoms with E-state index < -0.39 is 0 Å². The van der Waals surface area contributed by atoms with E-state index in [1.54, 1.807) is 39.8 Å². The van der Waals surface area contributed by atoms with Gasteiger partial charge in [-0.1, -0.05) is 37.6 Å². The van der Waals surface area contributed by atoms with Gasteiger partial charge in [0.25, 0.3) is 5.91 Å². The van der Waals surface area contributed by atoms with Crippen molar-refractivity contribution in [1.29, 1.82) is 0 Å². The van der Waals surface area contributed by atoms with Gasteiger partial charge in [0, 0.05) is 19.8 Å². The fourth-order valence-corrected chi connectivity index (χ4v) is 3.15. The summed E-state index contributed by atoms with van der Waals surface area (Å²) < 4.78 is 9.14. The van der Waals surface area contributed by atoms with Crippen LogP contribution in [-0.4, -0.2) is 37.4 Å². The van der Waals surface area contributed by atoms with Crippen LogP contribution in [0.1, 0.15) is 48.4 Å². The van der Waals surface area contributed by atoms with Crippen LogP contribution in [0.5, 0.6) is 5.75 Å². The molecule has 29 heavy (non-hydrogen) atoms. The van der Waals surface area contributed by atoms with Gasteiger partial charge in [0.15, 0.2) is 12.4 Å². The van der Waals surface area contributed by atoms with Gasteiger partial charge in [-0.05, 0) is 36.6 Å². The molecule has 0 aliphatic carbocycles. The van der Waals surface area contributed by atoms with Crippen molar-refractivity contribution in [2.45, 2.75) is 46.5 Å². The lowest BCUT2D eigenvalue weighted by Crippen LogP contribution is -2.28. The number of ether oxygens (including phenoxy) is 1. The molecule has 0 N–H and O–H groups in total. The van der Waals surface area contributed by atoms with Crippen LogP contribution < -0.4 is 4.74 Å². The van der Waals surface area contributed by atoms with Crippen molar-refractivity contribution >= 4 is 17.5 Å². The van der Waals surface area contributed by atoms with Crippen LogP contribution in [0.15, 0.2) is 42.7 Å². The molecule has 0 atom stereocenters. The third-order valence-electron chi connectivity index (χ3n) is 4.70. The van der Waals surface area contributed by atoms with E-state index in [9.17, 15) is 4.79 Å². The number of nitrogens with zero attached hydrogens (tertiary/aromatic N) is 5. The van der Waals surface area contributed by atoms with Crippen LogP contribution in [0.2, 0.25) is 5.02 Å². The Hall–Kier alpha value is -2.80. The Labute approximate surface area is 175 Å². The number of halogens is 1. The molecule has 8 heteroatoms. The minimum Gasteiger partial charge on any atom is -0.471 e. The fraction of sp³-hybridized carbons (Fsp3) is 0.381. The number of aryl methyl sites for hydroxylation is 1. The number of hydrogen-bond donors (Lipinski definition) is 0. The molecule has 0 aliphatic heterocycles. The third-order valence-corrected chi connectivity index (χ3v) is 5.02. The van der Waals surface area contributed by atoms with Crippen molar-refractivity contribution in [3.05, 3.63) is 64.7 Å². The van der Waals surface area contributed by atoms with E-state index in [1.165, 1.54) is 5.56 Å². The summed E-state index contributed by atoms with van der Waals surface area (Å²) in [6.45, 7) is 7.56. The van der Waals surface area contributed by atoms with Gasteiger partial charge in [-0.2, -0.15) is 10.2 Å². The highest BCUT2D eigenvalue weighted by Crippen LogP contribution is 2.19. The first-order valence-corrected chi connectivity index (χ1v) is 9.98. The van der Waals surface area contributed by atoms with Crippen LogP contribution in [0.4, 0.5) is 0 Å². The number of aromatic nitrogens is 4. The minimum atomic E-state index is -0.190. The maximum Gasteiger partial charge on any atom is 0.274 e. The number of carbonyl (C=O) groups is 1. The van der Waals surface area contributed by atoms with Crippen LogP contribution in [0.25, 0.3) is 0 Å². The summed E-state index contributed by atoms with van der Waals surface area (Å²) >= 11 is 6.19. The van der Waals surface area contributed by atoms with E-state index in [-0.39, 0.29) is 12.6 Å². The highest BCUT2D eigenvalue weighted by atomic mass is 35.5. The lowest BCUT2D eigenvalue weighted by Gasteiger charge is -2.17. The second-order valence-corrected chi connectivity index (χ2v) is 7.56. The van der Waals surface area contributed by atoms with Gasteiger partial charge in [-0.15, -0.1) is 0 Å². The second-order valence-electron chi connectivity index (χ2n) is 7.15. The molecular formula is C21H26ClN5O2. The van der Waals surface area contributed by atoms with Gasteiger partial charge in [-0.3, -0.25) is 9.48 Å². The lowest BCUT2D eigenvalue weighted by atomic mass is 10.0. The first kappa shape index (κ1) is 20.9. The van der Waals surface area contributed by atoms with Gasteiger partial charge >= 0.3 is 0 Å². The molecule has 0 unspecified atom stereocenters. The topological polar surface area (TPSA) is 65.2 Å². The van der Waals surface area contributed by atoms with Crippen molar-refractivity contribution in [2.24, 2.45) is 0 Å². The average Bonchev–Trinajstić information content (AvgIpc) is 3.33. The van der Waals surface area contributed by atoms with E-state index >= 15 is 0 Å². The van der Waals surface area contributed by atoms with Crippen molar-refractivity contribution in [3.63, 3.8) is 0 Å². The van der Waals surface area contributed by atoms with E-state index in [0.29, 0.717) is 29.7 Å².